The van der Waals surface area contributed by atoms with Crippen LogP contribution in [0.2, 0.25) is 0 Å². The van der Waals surface area contributed by atoms with Crippen molar-refractivity contribution in [2.45, 2.75) is 115 Å². The van der Waals surface area contributed by atoms with Gasteiger partial charge in [0.05, 0.1) is 60.2 Å². The summed E-state index contributed by atoms with van der Waals surface area (Å²) in [4.78, 5) is 59.2. The normalized spacial score (nSPS) is 23.0. The number of halogens is 1. The third-order valence-electron chi connectivity index (χ3n) is 13.6. The molecule has 65 heavy (non-hydrogen) atoms. The number of aromatic nitrogens is 5. The summed E-state index contributed by atoms with van der Waals surface area (Å²) in [7, 11) is 1.31. The number of aromatic amines is 2. The number of nitrogens with zero attached hydrogens (tertiary/aromatic N) is 5. The molecule has 6 atom stereocenters. The largest absolute Gasteiger partial charge is 0.462 e. The molecule has 2 unspecified atom stereocenters. The van der Waals surface area contributed by atoms with E-state index in [-0.39, 0.29) is 36.2 Å². The van der Waals surface area contributed by atoms with Crippen LogP contribution in [0.4, 0.5) is 14.0 Å². The van der Waals surface area contributed by atoms with E-state index >= 15 is 0 Å². The first-order valence-electron chi connectivity index (χ1n) is 22.5. The Labute approximate surface area is 376 Å². The number of benzene rings is 2. The van der Waals surface area contributed by atoms with E-state index in [1.165, 1.54) is 12.0 Å². The number of alkyl carbamates (subject to hydrolysis) is 1. The number of hydrogen-bond donors (Lipinski definition) is 3. The van der Waals surface area contributed by atoms with E-state index in [1.807, 2.05) is 56.1 Å². The molecular formula is C49H55FN8O7. The van der Waals surface area contributed by atoms with Crippen LogP contribution in [0.1, 0.15) is 108 Å². The Morgan fingerprint density at radius 3 is 2.40 bits per heavy atom. The molecule has 16 heteroatoms. The molecule has 3 fully saturated rings. The van der Waals surface area contributed by atoms with E-state index in [9.17, 15) is 18.8 Å². The number of aryl methyl sites for hydroxylation is 1. The molecule has 340 valence electrons. The Hall–Kier alpha value is -6.58. The Kier molecular flexibility index (Phi) is 10.3. The number of likely N-dealkylation sites (tertiary alicyclic amines) is 2. The highest BCUT2D eigenvalue weighted by molar-refractivity contribution is 5.92. The van der Waals surface area contributed by atoms with Crippen LogP contribution in [-0.4, -0.2) is 95.9 Å². The quantitative estimate of drug-likeness (QED) is 0.135. The number of ether oxygens (including phenoxy) is 3. The smallest absolute Gasteiger partial charge is 0.411 e. The third kappa shape index (κ3) is 7.40. The lowest BCUT2D eigenvalue weighted by Gasteiger charge is -2.52. The minimum absolute atomic E-state index is 0.0279. The minimum Gasteiger partial charge on any atom is -0.462 e. The first-order valence-corrected chi connectivity index (χ1v) is 22.5. The maximum Gasteiger partial charge on any atom is 0.411 e. The minimum atomic E-state index is -1.18. The number of alkyl halides is 1. The molecule has 15 nitrogen and oxygen atoms in total. The fourth-order valence-electron chi connectivity index (χ4n) is 10.4. The highest BCUT2D eigenvalue weighted by Crippen LogP contribution is 2.55. The molecule has 3 amide bonds. The van der Waals surface area contributed by atoms with Gasteiger partial charge in [0.25, 0.3) is 0 Å². The lowest BCUT2D eigenvalue weighted by molar-refractivity contribution is -0.143. The van der Waals surface area contributed by atoms with Crippen LogP contribution in [-0.2, 0) is 14.3 Å². The molecule has 4 aromatic heterocycles. The van der Waals surface area contributed by atoms with Crippen LogP contribution in [0, 0.1) is 12.8 Å². The summed E-state index contributed by atoms with van der Waals surface area (Å²) < 4.78 is 40.4. The molecule has 4 aliphatic rings. The monoisotopic (exact) mass is 886 g/mol. The fraction of sp³-hybridized carbons (Fsp3) is 0.449. The highest BCUT2D eigenvalue weighted by Gasteiger charge is 2.57. The van der Waals surface area contributed by atoms with Gasteiger partial charge in [0.15, 0.2) is 5.76 Å². The molecule has 6 aromatic rings. The van der Waals surface area contributed by atoms with Crippen molar-refractivity contribution in [3.63, 3.8) is 0 Å². The highest BCUT2D eigenvalue weighted by atomic mass is 19.1. The van der Waals surface area contributed by atoms with E-state index in [2.05, 4.69) is 55.2 Å². The van der Waals surface area contributed by atoms with Crippen molar-refractivity contribution in [1.29, 1.82) is 0 Å². The second-order valence-electron chi connectivity index (χ2n) is 19.3. The van der Waals surface area contributed by atoms with Crippen molar-refractivity contribution >= 4 is 29.0 Å². The molecule has 3 aliphatic heterocycles. The summed E-state index contributed by atoms with van der Waals surface area (Å²) in [6.07, 6.45) is 4.28. The van der Waals surface area contributed by atoms with Gasteiger partial charge in [-0.15, -0.1) is 0 Å². The van der Waals surface area contributed by atoms with Crippen LogP contribution < -0.4 is 10.1 Å². The van der Waals surface area contributed by atoms with Gasteiger partial charge >= 0.3 is 12.2 Å². The molecule has 0 radical (unpaired) electrons. The van der Waals surface area contributed by atoms with E-state index < -0.39 is 42.3 Å². The van der Waals surface area contributed by atoms with Crippen molar-refractivity contribution in [3.8, 4) is 39.5 Å². The van der Waals surface area contributed by atoms with E-state index in [4.69, 9.17) is 23.6 Å². The van der Waals surface area contributed by atoms with Gasteiger partial charge in [-0.05, 0) is 102 Å². The summed E-state index contributed by atoms with van der Waals surface area (Å²) in [5, 5.41) is 3.74. The average molecular weight is 887 g/mol. The Morgan fingerprint density at radius 1 is 0.969 bits per heavy atom. The van der Waals surface area contributed by atoms with Crippen LogP contribution in [0.5, 0.6) is 5.75 Å². The maximum atomic E-state index is 14.8. The van der Waals surface area contributed by atoms with E-state index in [0.717, 1.165) is 81.9 Å². The molecule has 7 heterocycles. The van der Waals surface area contributed by atoms with E-state index in [1.54, 1.807) is 27.0 Å². The van der Waals surface area contributed by atoms with Crippen molar-refractivity contribution in [3.05, 3.63) is 90.2 Å². The topological polar surface area (TPSA) is 173 Å². The average Bonchev–Trinajstić information content (AvgIpc) is 4.12. The van der Waals surface area contributed by atoms with Crippen LogP contribution in [0.25, 0.3) is 44.7 Å². The van der Waals surface area contributed by atoms with Gasteiger partial charge in [0, 0.05) is 41.0 Å². The summed E-state index contributed by atoms with van der Waals surface area (Å²) >= 11 is 0. The molecule has 10 rings (SSSR count). The fourth-order valence-corrected chi connectivity index (χ4v) is 10.4. The molecular weight excluding hydrogens is 832 g/mol. The van der Waals surface area contributed by atoms with Crippen molar-refractivity contribution < 1.29 is 37.4 Å². The van der Waals surface area contributed by atoms with Gasteiger partial charge in [0.2, 0.25) is 12.1 Å². The summed E-state index contributed by atoms with van der Waals surface area (Å²) in [6, 6.07) is 17.1. The van der Waals surface area contributed by atoms with Crippen LogP contribution >= 0.6 is 0 Å². The van der Waals surface area contributed by atoms with Gasteiger partial charge in [0.1, 0.15) is 41.0 Å². The van der Waals surface area contributed by atoms with Gasteiger partial charge in [-0.1, -0.05) is 26.0 Å². The Morgan fingerprint density at radius 2 is 1.71 bits per heavy atom. The summed E-state index contributed by atoms with van der Waals surface area (Å²) in [5.41, 5.74) is 5.10. The van der Waals surface area contributed by atoms with Gasteiger partial charge in [-0.2, -0.15) is 0 Å². The van der Waals surface area contributed by atoms with Crippen LogP contribution in [0.15, 0.2) is 71.4 Å². The number of nitrogens with one attached hydrogen (secondary N) is 3. The predicted molar refractivity (Wildman–Crippen MR) is 240 cm³/mol. The van der Waals surface area contributed by atoms with Crippen molar-refractivity contribution in [2.24, 2.45) is 5.92 Å². The number of amides is 3. The second-order valence-corrected chi connectivity index (χ2v) is 19.3. The molecule has 2 saturated heterocycles. The zero-order chi connectivity index (χ0) is 45.5. The lowest BCUT2D eigenvalue weighted by atomic mass is 9.64. The maximum absolute atomic E-state index is 14.8. The molecule has 0 bridgehead atoms. The predicted octanol–water partition coefficient (Wildman–Crippen LogP) is 9.57. The summed E-state index contributed by atoms with van der Waals surface area (Å²) in [5.74, 6) is 3.30. The Bertz CT molecular complexity index is 2820. The third-order valence-corrected chi connectivity index (χ3v) is 13.6. The van der Waals surface area contributed by atoms with Crippen molar-refractivity contribution in [2.75, 3.05) is 20.2 Å². The second kappa shape index (κ2) is 15.8. The van der Waals surface area contributed by atoms with Gasteiger partial charge in [-0.3, -0.25) is 14.3 Å². The number of fused-ring (bicyclic) bond motifs is 5. The molecule has 3 N–H and O–H groups in total. The standard InChI is InChI=1S/C49H55FN8O7/c1-26(2)41(55-46(60)62-7)44(59)57-18-8-16-49(57)17-15-33(49)42-51-23-35(53-42)29-10-12-32-37-20-30-19-28(11-13-36(30)58(37)45(64-40(32)21-29)39-14-9-27(3)63-39)34-24-52-43(54-34)38-22-31(50)25-56(38)47(61)65-48(4,5)6/h9-14,19-21,23-24,26,31,33,38,41,45H,8,15-18,22,25H2,1-7H3,(H,51,53)(H,52,54)(H,55,60)/t31-,33?,38+,41+,45?,49+/m1/s1. The molecule has 2 aromatic carbocycles. The summed E-state index contributed by atoms with van der Waals surface area (Å²) in [6.45, 7) is 11.7. The zero-order valence-corrected chi connectivity index (χ0v) is 37.7. The molecule has 1 saturated carbocycles. The number of carbonyl (C=O) groups excluding carboxylic acids is 3. The van der Waals surface area contributed by atoms with Gasteiger partial charge in [-0.25, -0.2) is 23.9 Å². The number of hydrogen-bond acceptors (Lipinski definition) is 9. The Balaban J connectivity index is 0.941. The van der Waals surface area contributed by atoms with Crippen molar-refractivity contribution in [1.82, 2.24) is 39.6 Å². The number of furan rings is 1. The SMILES string of the molecule is COC(=O)N[C@H](C(=O)N1CCC[C@@]12CCC2c1ncc(-c2ccc3c(c2)OC(c2ccc(C)o2)n2c-3cc3cc(-c4cnc([C@@H]5C[C@@H](F)CN5C(=O)OC(C)(C)C)[nH]4)ccc32)[nH]1)C(C)C. The first-order chi connectivity index (χ1) is 31.1. The first kappa shape index (κ1) is 42.4. The number of H-pyrrole nitrogens is 2. The zero-order valence-electron chi connectivity index (χ0n) is 37.7. The number of methoxy groups -OCH3 is 1. The molecule has 1 spiro atoms. The van der Waals surface area contributed by atoms with E-state index in [0.29, 0.717) is 23.9 Å². The number of carbonyl (C=O) groups is 3. The number of rotatable bonds is 8. The van der Waals surface area contributed by atoms with Gasteiger partial charge < -0.3 is 38.8 Å². The lowest BCUT2D eigenvalue weighted by Crippen LogP contribution is -2.62. The van der Waals surface area contributed by atoms with Crippen LogP contribution in [0.3, 0.4) is 0 Å². The number of imidazole rings is 2. The molecule has 1 aliphatic carbocycles.